The van der Waals surface area contributed by atoms with Gasteiger partial charge in [0.05, 0.1) is 0 Å². The number of carbonyl (C=O) groups excluding carboxylic acids is 2. The first-order valence-electron chi connectivity index (χ1n) is 12.4. The number of alkyl carbamates (subject to hydrolysis) is 1. The third-order valence-electron chi connectivity index (χ3n) is 7.66. The van der Waals surface area contributed by atoms with Gasteiger partial charge in [-0.2, -0.15) is 0 Å². The topological polar surface area (TPSA) is 95.9 Å². The van der Waals surface area contributed by atoms with Crippen LogP contribution in [-0.4, -0.2) is 53.2 Å². The van der Waals surface area contributed by atoms with E-state index in [0.29, 0.717) is 32.2 Å². The van der Waals surface area contributed by atoms with Crippen LogP contribution in [0, 0.1) is 5.41 Å². The summed E-state index contributed by atoms with van der Waals surface area (Å²) in [5.74, 6) is -1.15. The van der Waals surface area contributed by atoms with Crippen molar-refractivity contribution in [2.24, 2.45) is 5.41 Å². The summed E-state index contributed by atoms with van der Waals surface area (Å²) in [4.78, 5) is 39.2. The number of carbonyl (C=O) groups is 3. The van der Waals surface area contributed by atoms with Crippen LogP contribution in [0.3, 0.4) is 0 Å². The molecule has 0 aromatic heterocycles. The largest absolute Gasteiger partial charge is 0.479 e. The average molecular weight is 479 g/mol. The zero-order valence-corrected chi connectivity index (χ0v) is 20.7. The van der Waals surface area contributed by atoms with Crippen LogP contribution in [0.1, 0.15) is 63.5 Å². The molecule has 1 saturated heterocycles. The lowest BCUT2D eigenvalue weighted by atomic mass is 9.84. The molecule has 0 bridgehead atoms. The van der Waals surface area contributed by atoms with E-state index in [1.54, 1.807) is 13.8 Å². The number of nitrogens with zero attached hydrogens (tertiary/aromatic N) is 1. The maximum Gasteiger partial charge on any atom is 0.407 e. The summed E-state index contributed by atoms with van der Waals surface area (Å²) in [6, 6.07) is 16.3. The van der Waals surface area contributed by atoms with Crippen molar-refractivity contribution >= 4 is 18.0 Å². The summed E-state index contributed by atoms with van der Waals surface area (Å²) in [7, 11) is 0. The van der Waals surface area contributed by atoms with Gasteiger partial charge in [-0.3, -0.25) is 4.79 Å². The van der Waals surface area contributed by atoms with E-state index in [2.05, 4.69) is 29.6 Å². The first kappa shape index (κ1) is 24.8. The number of amides is 2. The summed E-state index contributed by atoms with van der Waals surface area (Å²) < 4.78 is 5.57. The molecule has 7 heteroatoms. The molecule has 0 radical (unpaired) electrons. The van der Waals surface area contributed by atoms with E-state index in [9.17, 15) is 19.5 Å². The lowest BCUT2D eigenvalue weighted by Crippen LogP contribution is -2.56. The van der Waals surface area contributed by atoms with Crippen LogP contribution in [-0.2, 0) is 14.3 Å². The Balaban J connectivity index is 1.32. The molecule has 4 rings (SSSR count). The molecule has 2 N–H and O–H groups in total. The van der Waals surface area contributed by atoms with Gasteiger partial charge in [-0.15, -0.1) is 0 Å². The number of aliphatic carboxylic acids is 1. The number of rotatable bonds is 8. The van der Waals surface area contributed by atoms with Crippen LogP contribution in [0.5, 0.6) is 0 Å². The van der Waals surface area contributed by atoms with Gasteiger partial charge in [0.15, 0.2) is 0 Å². The van der Waals surface area contributed by atoms with Crippen LogP contribution in [0.4, 0.5) is 4.79 Å². The molecule has 0 saturated carbocycles. The SMILES string of the molecule is CCC1(C(=O)O)CCCN1C(=O)C(C)(C)CCNC(=O)OCC1c2ccccc2-c2ccccc21. The molecular formula is C28H34N2O5. The Kier molecular flexibility index (Phi) is 6.88. The van der Waals surface area contributed by atoms with E-state index < -0.39 is 23.0 Å². The number of ether oxygens (including phenoxy) is 1. The van der Waals surface area contributed by atoms with Gasteiger partial charge >= 0.3 is 12.1 Å². The van der Waals surface area contributed by atoms with Gasteiger partial charge in [-0.1, -0.05) is 69.3 Å². The van der Waals surface area contributed by atoms with Gasteiger partial charge in [0.2, 0.25) is 5.91 Å². The Labute approximate surface area is 206 Å². The Morgan fingerprint density at radius 3 is 2.26 bits per heavy atom. The van der Waals surface area contributed by atoms with E-state index in [1.807, 2.05) is 31.2 Å². The molecule has 35 heavy (non-hydrogen) atoms. The highest BCUT2D eigenvalue weighted by Crippen LogP contribution is 2.44. The van der Waals surface area contributed by atoms with Gasteiger partial charge in [-0.25, -0.2) is 9.59 Å². The molecule has 1 aliphatic carbocycles. The predicted octanol–water partition coefficient (Wildman–Crippen LogP) is 4.80. The Bertz CT molecular complexity index is 1080. The normalized spacial score (nSPS) is 19.2. The van der Waals surface area contributed by atoms with Gasteiger partial charge < -0.3 is 20.1 Å². The van der Waals surface area contributed by atoms with Crippen LogP contribution in [0.15, 0.2) is 48.5 Å². The van der Waals surface area contributed by atoms with E-state index in [-0.39, 0.29) is 25.0 Å². The van der Waals surface area contributed by atoms with Gasteiger partial charge in [0.25, 0.3) is 0 Å². The second-order valence-corrected chi connectivity index (χ2v) is 10.1. The minimum atomic E-state index is -1.13. The molecule has 1 unspecified atom stereocenters. The average Bonchev–Trinajstić information content (AvgIpc) is 3.42. The third-order valence-corrected chi connectivity index (χ3v) is 7.66. The number of carboxylic acids is 1. The predicted molar refractivity (Wildman–Crippen MR) is 133 cm³/mol. The fraction of sp³-hybridized carbons (Fsp3) is 0.464. The number of hydrogen-bond donors (Lipinski definition) is 2. The molecule has 0 spiro atoms. The van der Waals surface area contributed by atoms with Gasteiger partial charge in [-0.05, 0) is 47.9 Å². The van der Waals surface area contributed by atoms with Crippen molar-refractivity contribution in [3.8, 4) is 11.1 Å². The number of hydrogen-bond acceptors (Lipinski definition) is 4. The zero-order valence-electron chi connectivity index (χ0n) is 20.7. The van der Waals surface area contributed by atoms with Gasteiger partial charge in [0, 0.05) is 24.4 Å². The van der Waals surface area contributed by atoms with Crippen LogP contribution in [0.2, 0.25) is 0 Å². The van der Waals surface area contributed by atoms with Gasteiger partial charge in [0.1, 0.15) is 12.1 Å². The lowest BCUT2D eigenvalue weighted by Gasteiger charge is -2.39. The molecule has 2 aliphatic rings. The van der Waals surface area contributed by atoms with Crippen molar-refractivity contribution in [3.63, 3.8) is 0 Å². The summed E-state index contributed by atoms with van der Waals surface area (Å²) in [5.41, 5.74) is 2.70. The summed E-state index contributed by atoms with van der Waals surface area (Å²) in [5, 5.41) is 12.6. The molecule has 2 aromatic carbocycles. The molecule has 1 atom stereocenters. The first-order chi connectivity index (χ1) is 16.7. The van der Waals surface area contributed by atoms with E-state index in [0.717, 1.165) is 11.1 Å². The highest BCUT2D eigenvalue weighted by Gasteiger charge is 2.51. The highest BCUT2D eigenvalue weighted by atomic mass is 16.5. The van der Waals surface area contributed by atoms with Crippen molar-refractivity contribution in [3.05, 3.63) is 59.7 Å². The van der Waals surface area contributed by atoms with Crippen molar-refractivity contribution < 1.29 is 24.2 Å². The molecule has 1 aliphatic heterocycles. The fourth-order valence-electron chi connectivity index (χ4n) is 5.51. The quantitative estimate of drug-likeness (QED) is 0.568. The van der Waals surface area contributed by atoms with Crippen LogP contribution in [0.25, 0.3) is 11.1 Å². The number of nitrogens with one attached hydrogen (secondary N) is 1. The number of benzene rings is 2. The van der Waals surface area contributed by atoms with Crippen LogP contribution < -0.4 is 5.32 Å². The van der Waals surface area contributed by atoms with Crippen molar-refractivity contribution in [1.29, 1.82) is 0 Å². The molecule has 2 amide bonds. The van der Waals surface area contributed by atoms with Crippen molar-refractivity contribution in [2.75, 3.05) is 19.7 Å². The van der Waals surface area contributed by atoms with Crippen molar-refractivity contribution in [2.45, 2.75) is 57.9 Å². The Hall–Kier alpha value is -3.35. The lowest BCUT2D eigenvalue weighted by molar-refractivity contribution is -0.160. The molecule has 186 valence electrons. The number of likely N-dealkylation sites (tertiary alicyclic amines) is 1. The molecular weight excluding hydrogens is 444 g/mol. The second-order valence-electron chi connectivity index (χ2n) is 10.1. The van der Waals surface area contributed by atoms with Crippen molar-refractivity contribution in [1.82, 2.24) is 10.2 Å². The third kappa shape index (κ3) is 4.51. The molecule has 7 nitrogen and oxygen atoms in total. The maximum absolute atomic E-state index is 13.3. The highest BCUT2D eigenvalue weighted by molar-refractivity contribution is 5.90. The minimum absolute atomic E-state index is 0.0143. The fourth-order valence-corrected chi connectivity index (χ4v) is 5.51. The number of carboxylic acid groups (broad SMARTS) is 1. The minimum Gasteiger partial charge on any atom is -0.479 e. The summed E-state index contributed by atoms with van der Waals surface area (Å²) >= 11 is 0. The molecule has 1 heterocycles. The summed E-state index contributed by atoms with van der Waals surface area (Å²) in [6.07, 6.45) is 1.39. The smallest absolute Gasteiger partial charge is 0.407 e. The first-order valence-corrected chi connectivity index (χ1v) is 12.4. The van der Waals surface area contributed by atoms with E-state index >= 15 is 0 Å². The Morgan fingerprint density at radius 2 is 1.69 bits per heavy atom. The van der Waals surface area contributed by atoms with Crippen LogP contribution >= 0.6 is 0 Å². The number of fused-ring (bicyclic) bond motifs is 3. The van der Waals surface area contributed by atoms with E-state index in [4.69, 9.17) is 4.74 Å². The standard InChI is InChI=1S/C28H34N2O5/c1-4-28(25(32)33)14-9-17-30(28)24(31)27(2,3)15-16-29-26(34)35-18-23-21-12-7-5-10-19(21)20-11-6-8-13-22(20)23/h5-8,10-13,23H,4,9,14-18H2,1-3H3,(H,29,34)(H,32,33). The zero-order chi connectivity index (χ0) is 25.2. The second kappa shape index (κ2) is 9.72. The molecule has 1 fully saturated rings. The Morgan fingerprint density at radius 1 is 1.09 bits per heavy atom. The maximum atomic E-state index is 13.3. The monoisotopic (exact) mass is 478 g/mol. The summed E-state index contributed by atoms with van der Waals surface area (Å²) in [6.45, 7) is 6.35. The molecule has 2 aromatic rings. The van der Waals surface area contributed by atoms with E-state index in [1.165, 1.54) is 16.0 Å².